The third kappa shape index (κ3) is 1.36. The number of hydrogen-bond acceptors (Lipinski definition) is 1. The minimum absolute atomic E-state index is 0.305. The molecule has 0 N–H and O–H groups in total. The summed E-state index contributed by atoms with van der Waals surface area (Å²) in [6.45, 7) is 2.11. The van der Waals surface area contributed by atoms with Crippen LogP contribution in [0, 0.1) is 0 Å². The maximum atomic E-state index is 12.6. The van der Waals surface area contributed by atoms with Crippen LogP contribution in [0.15, 0.2) is 42.5 Å². The number of fused-ring (bicyclic) bond motifs is 6. The van der Waals surface area contributed by atoms with Gasteiger partial charge in [-0.3, -0.25) is 4.79 Å². The average molecular weight is 283 g/mol. The predicted octanol–water partition coefficient (Wildman–Crippen LogP) is 4.72. The number of carbonyl (C=O) groups excluding carboxylic acids is 1. The molecule has 2 aromatic rings. The molecule has 2 aromatic carbocycles. The molecule has 0 aliphatic heterocycles. The number of ketones is 1. The molecule has 2 atom stereocenters. The molecule has 0 heterocycles. The molecule has 0 saturated heterocycles. The molecular weight excluding hydrogens is 268 g/mol. The second-order valence-corrected chi connectivity index (χ2v) is 6.43. The molecule has 0 unspecified atom stereocenters. The molecule has 0 bridgehead atoms. The van der Waals surface area contributed by atoms with Crippen LogP contribution < -0.4 is 0 Å². The van der Waals surface area contributed by atoms with Crippen LogP contribution in [0.5, 0.6) is 0 Å². The van der Waals surface area contributed by atoms with E-state index in [1.807, 2.05) is 18.2 Å². The van der Waals surface area contributed by atoms with Crippen molar-refractivity contribution in [3.05, 3.63) is 58.6 Å². The predicted molar refractivity (Wildman–Crippen MR) is 81.2 cm³/mol. The van der Waals surface area contributed by atoms with Gasteiger partial charge in [-0.05, 0) is 47.7 Å². The average Bonchev–Trinajstić information content (AvgIpc) is 2.76. The van der Waals surface area contributed by atoms with Gasteiger partial charge >= 0.3 is 0 Å². The minimum atomic E-state index is -0.381. The molecule has 100 valence electrons. The lowest BCUT2D eigenvalue weighted by atomic mass is 9.63. The lowest BCUT2D eigenvalue weighted by Crippen LogP contribution is -2.35. The Hall–Kier alpha value is -1.60. The maximum Gasteiger partial charge on any atom is 0.143 e. The first-order valence-corrected chi connectivity index (χ1v) is 7.43. The third-order valence-corrected chi connectivity index (χ3v) is 5.34. The van der Waals surface area contributed by atoms with Gasteiger partial charge in [0.2, 0.25) is 0 Å². The van der Waals surface area contributed by atoms with Gasteiger partial charge in [0.15, 0.2) is 0 Å². The fourth-order valence-electron chi connectivity index (χ4n) is 4.06. The van der Waals surface area contributed by atoms with Gasteiger partial charge in [0.1, 0.15) is 5.78 Å². The van der Waals surface area contributed by atoms with Crippen LogP contribution in [0.1, 0.15) is 36.8 Å². The number of halogens is 1. The summed E-state index contributed by atoms with van der Waals surface area (Å²) in [7, 11) is 0. The second-order valence-electron chi connectivity index (χ2n) is 5.99. The Morgan fingerprint density at radius 3 is 2.80 bits per heavy atom. The van der Waals surface area contributed by atoms with Crippen LogP contribution in [0.4, 0.5) is 0 Å². The van der Waals surface area contributed by atoms with Gasteiger partial charge in [-0.1, -0.05) is 41.9 Å². The number of carbonyl (C=O) groups is 1. The molecule has 0 spiro atoms. The van der Waals surface area contributed by atoms with Crippen LogP contribution in [-0.2, 0) is 10.2 Å². The fraction of sp³-hybridized carbons (Fsp3) is 0.278. The number of Topliss-reactive ketones (excluding diaryl/α,β-unsaturated/α-hetero) is 1. The summed E-state index contributed by atoms with van der Waals surface area (Å²) in [6.07, 6.45) is 1.63. The first-order valence-electron chi connectivity index (χ1n) is 7.05. The number of rotatable bonds is 0. The smallest absolute Gasteiger partial charge is 0.143 e. The van der Waals surface area contributed by atoms with E-state index in [-0.39, 0.29) is 5.41 Å². The first kappa shape index (κ1) is 12.2. The Kier molecular flexibility index (Phi) is 2.41. The van der Waals surface area contributed by atoms with Gasteiger partial charge in [0.25, 0.3) is 0 Å². The molecule has 1 fully saturated rings. The molecule has 0 aromatic heterocycles. The van der Waals surface area contributed by atoms with E-state index < -0.39 is 0 Å². The summed E-state index contributed by atoms with van der Waals surface area (Å²) in [5, 5.41) is 0.728. The lowest BCUT2D eigenvalue weighted by molar-refractivity contribution is -0.121. The fourth-order valence-corrected chi connectivity index (χ4v) is 4.23. The normalized spacial score (nSPS) is 26.9. The van der Waals surface area contributed by atoms with E-state index in [9.17, 15) is 4.79 Å². The summed E-state index contributed by atoms with van der Waals surface area (Å²) in [6, 6.07) is 14.4. The van der Waals surface area contributed by atoms with Crippen LogP contribution in [-0.4, -0.2) is 5.78 Å². The van der Waals surface area contributed by atoms with Crippen molar-refractivity contribution in [2.75, 3.05) is 0 Å². The van der Waals surface area contributed by atoms with Crippen molar-refractivity contribution in [1.82, 2.24) is 0 Å². The Labute approximate surface area is 123 Å². The maximum absolute atomic E-state index is 12.6. The van der Waals surface area contributed by atoms with E-state index in [1.54, 1.807) is 0 Å². The molecule has 1 saturated carbocycles. The Balaban J connectivity index is 2.11. The van der Waals surface area contributed by atoms with Gasteiger partial charge in [0.05, 0.1) is 5.41 Å². The molecular formula is C18H15ClO. The third-order valence-electron chi connectivity index (χ3n) is 5.10. The summed E-state index contributed by atoms with van der Waals surface area (Å²) >= 11 is 6.18. The van der Waals surface area contributed by atoms with Crippen LogP contribution in [0.3, 0.4) is 0 Å². The Morgan fingerprint density at radius 2 is 1.95 bits per heavy atom. The Morgan fingerprint density at radius 1 is 1.15 bits per heavy atom. The highest BCUT2D eigenvalue weighted by molar-refractivity contribution is 6.31. The highest BCUT2D eigenvalue weighted by Gasteiger charge is 2.51. The van der Waals surface area contributed by atoms with Gasteiger partial charge in [-0.15, -0.1) is 0 Å². The largest absolute Gasteiger partial charge is 0.299 e. The monoisotopic (exact) mass is 282 g/mol. The van der Waals surface area contributed by atoms with Crippen molar-refractivity contribution in [1.29, 1.82) is 0 Å². The van der Waals surface area contributed by atoms with Crippen molar-refractivity contribution < 1.29 is 4.79 Å². The van der Waals surface area contributed by atoms with E-state index in [4.69, 9.17) is 11.6 Å². The zero-order chi connectivity index (χ0) is 13.9. The van der Waals surface area contributed by atoms with E-state index >= 15 is 0 Å². The van der Waals surface area contributed by atoms with Crippen molar-refractivity contribution in [3.63, 3.8) is 0 Å². The van der Waals surface area contributed by atoms with Gasteiger partial charge < -0.3 is 0 Å². The van der Waals surface area contributed by atoms with Crippen LogP contribution in [0.2, 0.25) is 5.02 Å². The minimum Gasteiger partial charge on any atom is -0.299 e. The first-order chi connectivity index (χ1) is 9.62. The molecule has 0 radical (unpaired) electrons. The molecule has 2 aliphatic carbocycles. The number of hydrogen-bond donors (Lipinski definition) is 0. The lowest BCUT2D eigenvalue weighted by Gasteiger charge is -2.38. The van der Waals surface area contributed by atoms with Crippen molar-refractivity contribution >= 4 is 17.4 Å². The van der Waals surface area contributed by atoms with Crippen molar-refractivity contribution in [2.45, 2.75) is 31.1 Å². The highest BCUT2D eigenvalue weighted by atomic mass is 35.5. The molecule has 1 nitrogen and oxygen atoms in total. The summed E-state index contributed by atoms with van der Waals surface area (Å²) < 4.78 is 0. The Bertz CT molecular complexity index is 734. The zero-order valence-electron chi connectivity index (χ0n) is 11.3. The van der Waals surface area contributed by atoms with E-state index in [2.05, 4.69) is 31.2 Å². The summed E-state index contributed by atoms with van der Waals surface area (Å²) in [5.41, 5.74) is 4.43. The molecule has 20 heavy (non-hydrogen) atoms. The number of benzene rings is 2. The van der Waals surface area contributed by atoms with Crippen LogP contribution in [0.25, 0.3) is 11.1 Å². The topological polar surface area (TPSA) is 17.1 Å². The standard InChI is InChI=1S/C18H15ClO/c1-18-15(8-9-17(18)20)13-5-3-2-4-12(13)14-10-11(19)6-7-16(14)18/h2-7,10,15H,8-9H2,1H3/t15-,18+/m1/s1. The molecule has 2 heteroatoms. The second kappa shape index (κ2) is 3.95. The zero-order valence-corrected chi connectivity index (χ0v) is 12.1. The van der Waals surface area contributed by atoms with Gasteiger partial charge in [-0.2, -0.15) is 0 Å². The molecule has 2 aliphatic rings. The van der Waals surface area contributed by atoms with Crippen molar-refractivity contribution in [3.8, 4) is 11.1 Å². The quantitative estimate of drug-likeness (QED) is 0.683. The van der Waals surface area contributed by atoms with E-state index in [1.165, 1.54) is 11.1 Å². The van der Waals surface area contributed by atoms with Gasteiger partial charge in [0, 0.05) is 17.4 Å². The van der Waals surface area contributed by atoms with Crippen molar-refractivity contribution in [2.24, 2.45) is 0 Å². The molecule has 0 amide bonds. The SMILES string of the molecule is C[C@]12C(=O)CC[C@@H]1c1ccccc1-c1cc(Cl)ccc12. The van der Waals surface area contributed by atoms with Crippen LogP contribution >= 0.6 is 11.6 Å². The van der Waals surface area contributed by atoms with Gasteiger partial charge in [-0.25, -0.2) is 0 Å². The van der Waals surface area contributed by atoms with E-state index in [0.717, 1.165) is 22.6 Å². The highest BCUT2D eigenvalue weighted by Crippen LogP contribution is 2.56. The summed E-state index contributed by atoms with van der Waals surface area (Å²) in [4.78, 5) is 12.6. The van der Waals surface area contributed by atoms with E-state index in [0.29, 0.717) is 18.1 Å². The summed E-state index contributed by atoms with van der Waals surface area (Å²) in [5.74, 6) is 0.667. The molecule has 4 rings (SSSR count).